The minimum Gasteiger partial charge on any atom is -0.237 e. The Morgan fingerprint density at radius 3 is 2.32 bits per heavy atom. The van der Waals surface area contributed by atoms with Crippen LogP contribution in [0.3, 0.4) is 0 Å². The van der Waals surface area contributed by atoms with E-state index in [4.69, 9.17) is 0 Å². The van der Waals surface area contributed by atoms with Gasteiger partial charge in [-0.15, -0.1) is 0 Å². The van der Waals surface area contributed by atoms with Crippen molar-refractivity contribution in [3.63, 3.8) is 0 Å². The summed E-state index contributed by atoms with van der Waals surface area (Å²) in [6, 6.07) is 6.23. The molecule has 0 fully saturated rings. The lowest BCUT2D eigenvalue weighted by atomic mass is 9.86. The van der Waals surface area contributed by atoms with Crippen LogP contribution in [0.2, 0.25) is 0 Å². The molecule has 1 unspecified atom stereocenters. The van der Waals surface area contributed by atoms with Crippen molar-refractivity contribution in [3.8, 4) is 0 Å². The van der Waals surface area contributed by atoms with Gasteiger partial charge in [-0.2, -0.15) is 0 Å². The summed E-state index contributed by atoms with van der Waals surface area (Å²) in [6.07, 6.45) is 0. The molecule has 0 spiro atoms. The van der Waals surface area contributed by atoms with E-state index in [2.05, 4.69) is 47.6 Å². The van der Waals surface area contributed by atoms with Gasteiger partial charge in [-0.25, -0.2) is 8.51 Å². The Kier molecular flexibility index (Phi) is 5.34. The Labute approximate surface area is 120 Å². The van der Waals surface area contributed by atoms with Crippen LogP contribution in [-0.4, -0.2) is 22.1 Å². The summed E-state index contributed by atoms with van der Waals surface area (Å²) in [7, 11) is 0.851. The number of nitrogens with zero attached hydrogens (tertiary/aromatic N) is 1. The summed E-state index contributed by atoms with van der Waals surface area (Å²) in [5, 5.41) is 0. The molecule has 19 heavy (non-hydrogen) atoms. The minimum atomic E-state index is -1.08. The summed E-state index contributed by atoms with van der Waals surface area (Å²) >= 11 is 0. The second kappa shape index (κ2) is 6.19. The highest BCUT2D eigenvalue weighted by molar-refractivity contribution is 7.82. The quantitative estimate of drug-likeness (QED) is 0.819. The van der Waals surface area contributed by atoms with Gasteiger partial charge >= 0.3 is 0 Å². The van der Waals surface area contributed by atoms with Crippen molar-refractivity contribution in [2.75, 3.05) is 13.6 Å². The van der Waals surface area contributed by atoms with E-state index in [0.29, 0.717) is 5.92 Å². The van der Waals surface area contributed by atoms with Gasteiger partial charge in [0.15, 0.2) is 0 Å². The van der Waals surface area contributed by atoms with Crippen LogP contribution in [0.15, 0.2) is 23.1 Å². The van der Waals surface area contributed by atoms with Crippen molar-refractivity contribution in [2.45, 2.75) is 51.9 Å². The Balaban J connectivity index is 3.16. The molecule has 0 aliphatic rings. The van der Waals surface area contributed by atoms with E-state index in [-0.39, 0.29) is 5.41 Å². The van der Waals surface area contributed by atoms with Crippen LogP contribution in [0.4, 0.5) is 0 Å². The first kappa shape index (κ1) is 16.4. The Morgan fingerprint density at radius 1 is 1.26 bits per heavy atom. The lowest BCUT2D eigenvalue weighted by Gasteiger charge is -2.26. The highest BCUT2D eigenvalue weighted by Gasteiger charge is 2.23. The van der Waals surface area contributed by atoms with Gasteiger partial charge in [0.2, 0.25) is 0 Å². The molecular weight excluding hydrogens is 254 g/mol. The van der Waals surface area contributed by atoms with E-state index in [1.807, 2.05) is 23.5 Å². The second-order valence-electron chi connectivity index (χ2n) is 6.70. The molecule has 0 amide bonds. The molecule has 0 aromatic heterocycles. The largest absolute Gasteiger partial charge is 0.237 e. The first-order chi connectivity index (χ1) is 8.62. The average molecular weight is 281 g/mol. The molecule has 1 rings (SSSR count). The van der Waals surface area contributed by atoms with Gasteiger partial charge in [-0.05, 0) is 29.9 Å². The number of rotatable bonds is 4. The first-order valence-electron chi connectivity index (χ1n) is 6.87. The molecule has 0 saturated carbocycles. The fraction of sp³-hybridized carbons (Fsp3) is 0.625. The Bertz CT molecular complexity index is 460. The Morgan fingerprint density at radius 2 is 1.84 bits per heavy atom. The molecule has 108 valence electrons. The van der Waals surface area contributed by atoms with Crippen LogP contribution in [0.1, 0.15) is 45.7 Å². The van der Waals surface area contributed by atoms with Crippen molar-refractivity contribution in [2.24, 2.45) is 5.92 Å². The normalized spacial score (nSPS) is 14.2. The molecular formula is C16H27NOS. The van der Waals surface area contributed by atoms with Gasteiger partial charge in [0.05, 0.1) is 4.90 Å². The zero-order valence-electron chi connectivity index (χ0n) is 13.3. The highest BCUT2D eigenvalue weighted by atomic mass is 32.2. The molecule has 0 aliphatic heterocycles. The fourth-order valence-electron chi connectivity index (χ4n) is 2.13. The number of aryl methyl sites for hydroxylation is 1. The molecule has 0 radical (unpaired) electrons. The third kappa shape index (κ3) is 4.43. The van der Waals surface area contributed by atoms with Crippen molar-refractivity contribution in [3.05, 3.63) is 29.3 Å². The van der Waals surface area contributed by atoms with Crippen LogP contribution in [-0.2, 0) is 16.4 Å². The standard InChI is InChI=1S/C16H27NOS/c1-12(2)11-17(7)19(18)15-9-8-13(3)10-14(15)16(4,5)6/h8-10,12H,11H2,1-7H3. The van der Waals surface area contributed by atoms with Crippen molar-refractivity contribution >= 4 is 11.0 Å². The molecule has 0 saturated heterocycles. The van der Waals surface area contributed by atoms with Crippen LogP contribution in [0.25, 0.3) is 0 Å². The van der Waals surface area contributed by atoms with Crippen LogP contribution in [0.5, 0.6) is 0 Å². The maximum Gasteiger partial charge on any atom is 0.127 e. The first-order valence-corrected chi connectivity index (χ1v) is 7.97. The van der Waals surface area contributed by atoms with Gasteiger partial charge in [0.1, 0.15) is 11.0 Å². The number of hydrogen-bond acceptors (Lipinski definition) is 1. The molecule has 0 aliphatic carbocycles. The third-order valence-corrected chi connectivity index (χ3v) is 4.48. The molecule has 1 aromatic carbocycles. The lowest BCUT2D eigenvalue weighted by Crippen LogP contribution is -2.27. The van der Waals surface area contributed by atoms with Gasteiger partial charge < -0.3 is 0 Å². The average Bonchev–Trinajstić information content (AvgIpc) is 2.25. The third-order valence-electron chi connectivity index (χ3n) is 3.04. The number of hydrogen-bond donors (Lipinski definition) is 0. The zero-order valence-corrected chi connectivity index (χ0v) is 14.1. The van der Waals surface area contributed by atoms with Gasteiger partial charge in [0, 0.05) is 13.6 Å². The highest BCUT2D eigenvalue weighted by Crippen LogP contribution is 2.29. The van der Waals surface area contributed by atoms with Gasteiger partial charge in [0.25, 0.3) is 0 Å². The summed E-state index contributed by atoms with van der Waals surface area (Å²) in [5.74, 6) is 0.512. The monoisotopic (exact) mass is 281 g/mol. The summed E-state index contributed by atoms with van der Waals surface area (Å²) in [5.41, 5.74) is 2.41. The SMILES string of the molecule is Cc1ccc(S(=O)N(C)CC(C)C)c(C(C)(C)C)c1. The summed E-state index contributed by atoms with van der Waals surface area (Å²) in [6.45, 7) is 13.7. The molecule has 0 heterocycles. The minimum absolute atomic E-state index is 0.00961. The fourth-order valence-corrected chi connectivity index (χ4v) is 3.64. The molecule has 1 atom stereocenters. The van der Waals surface area contributed by atoms with Crippen molar-refractivity contribution in [1.82, 2.24) is 4.31 Å². The lowest BCUT2D eigenvalue weighted by molar-refractivity contribution is 0.444. The van der Waals surface area contributed by atoms with E-state index >= 15 is 0 Å². The summed E-state index contributed by atoms with van der Waals surface area (Å²) < 4.78 is 14.6. The number of benzene rings is 1. The zero-order chi connectivity index (χ0) is 14.8. The van der Waals surface area contributed by atoms with E-state index in [1.54, 1.807) is 0 Å². The summed E-state index contributed by atoms with van der Waals surface area (Å²) in [4.78, 5) is 0.946. The van der Waals surface area contributed by atoms with Gasteiger partial charge in [-0.3, -0.25) is 0 Å². The van der Waals surface area contributed by atoms with E-state index in [9.17, 15) is 4.21 Å². The predicted molar refractivity (Wildman–Crippen MR) is 83.8 cm³/mol. The molecule has 3 heteroatoms. The molecule has 2 nitrogen and oxygen atoms in total. The topological polar surface area (TPSA) is 20.3 Å². The van der Waals surface area contributed by atoms with E-state index in [1.165, 1.54) is 11.1 Å². The van der Waals surface area contributed by atoms with Gasteiger partial charge in [-0.1, -0.05) is 52.3 Å². The van der Waals surface area contributed by atoms with Crippen LogP contribution < -0.4 is 0 Å². The molecule has 0 N–H and O–H groups in total. The maximum absolute atomic E-state index is 12.7. The van der Waals surface area contributed by atoms with E-state index < -0.39 is 11.0 Å². The van der Waals surface area contributed by atoms with Crippen LogP contribution >= 0.6 is 0 Å². The van der Waals surface area contributed by atoms with Crippen molar-refractivity contribution in [1.29, 1.82) is 0 Å². The Hall–Kier alpha value is -0.670. The predicted octanol–water partition coefficient (Wildman–Crippen LogP) is 3.90. The maximum atomic E-state index is 12.7. The molecule has 1 aromatic rings. The van der Waals surface area contributed by atoms with E-state index in [0.717, 1.165) is 11.4 Å². The smallest absolute Gasteiger partial charge is 0.127 e. The van der Waals surface area contributed by atoms with Crippen molar-refractivity contribution < 1.29 is 4.21 Å². The second-order valence-corrected chi connectivity index (χ2v) is 8.26. The van der Waals surface area contributed by atoms with Crippen LogP contribution in [0, 0.1) is 12.8 Å². The molecule has 0 bridgehead atoms.